The lowest BCUT2D eigenvalue weighted by Gasteiger charge is -2.23. The molecule has 23 heavy (non-hydrogen) atoms. The van der Waals surface area contributed by atoms with Crippen molar-refractivity contribution in [3.05, 3.63) is 42.0 Å². The summed E-state index contributed by atoms with van der Waals surface area (Å²) in [6, 6.07) is 11.8. The summed E-state index contributed by atoms with van der Waals surface area (Å²) in [7, 11) is 0. The molecule has 0 radical (unpaired) electrons. The van der Waals surface area contributed by atoms with Crippen molar-refractivity contribution >= 4 is 23.2 Å². The molecule has 1 heterocycles. The van der Waals surface area contributed by atoms with Gasteiger partial charge >= 0.3 is 0 Å². The number of amides is 1. The Bertz CT molecular complexity index is 700. The highest BCUT2D eigenvalue weighted by Crippen LogP contribution is 2.31. The van der Waals surface area contributed by atoms with Crippen LogP contribution >= 0.6 is 0 Å². The Morgan fingerprint density at radius 2 is 1.70 bits per heavy atom. The van der Waals surface area contributed by atoms with Gasteiger partial charge in [0.15, 0.2) is 11.6 Å². The first kappa shape index (κ1) is 15.5. The highest BCUT2D eigenvalue weighted by molar-refractivity contribution is 5.93. The minimum Gasteiger partial charge on any atom is -0.338 e. The minimum atomic E-state index is 0.0369. The number of aromatic nitrogens is 2. The van der Waals surface area contributed by atoms with Gasteiger partial charge in [-0.2, -0.15) is 0 Å². The molecule has 120 valence electrons. The molecule has 1 aromatic heterocycles. The molecule has 1 fully saturated rings. The monoisotopic (exact) mass is 310 g/mol. The maximum Gasteiger partial charge on any atom is 0.228 e. The first-order valence-electron chi connectivity index (χ1n) is 7.94. The second-order valence-electron chi connectivity index (χ2n) is 6.99. The summed E-state index contributed by atoms with van der Waals surface area (Å²) in [5.74, 6) is 1.36. The van der Waals surface area contributed by atoms with Crippen LogP contribution in [0.5, 0.6) is 0 Å². The summed E-state index contributed by atoms with van der Waals surface area (Å²) in [5, 5.41) is 14.3. The average Bonchev–Trinajstić information content (AvgIpc) is 3.33. The van der Waals surface area contributed by atoms with Gasteiger partial charge in [-0.1, -0.05) is 39.0 Å². The third kappa shape index (κ3) is 3.86. The molecule has 1 amide bonds. The van der Waals surface area contributed by atoms with Crippen LogP contribution in [0.4, 0.5) is 17.3 Å². The van der Waals surface area contributed by atoms with Crippen molar-refractivity contribution in [3.63, 3.8) is 0 Å². The maximum atomic E-state index is 11.7. The summed E-state index contributed by atoms with van der Waals surface area (Å²) in [4.78, 5) is 11.7. The van der Waals surface area contributed by atoms with Crippen molar-refractivity contribution < 1.29 is 4.79 Å². The van der Waals surface area contributed by atoms with Gasteiger partial charge < -0.3 is 10.6 Å². The number of hydrogen-bond donors (Lipinski definition) is 2. The van der Waals surface area contributed by atoms with Crippen LogP contribution in [0, 0.1) is 5.92 Å². The predicted molar refractivity (Wildman–Crippen MR) is 91.8 cm³/mol. The van der Waals surface area contributed by atoms with E-state index in [9.17, 15) is 4.79 Å². The first-order valence-corrected chi connectivity index (χ1v) is 7.94. The Balaban J connectivity index is 1.72. The van der Waals surface area contributed by atoms with E-state index in [1.54, 1.807) is 6.07 Å². The number of rotatable bonds is 4. The lowest BCUT2D eigenvalue weighted by Crippen LogP contribution is -2.15. The van der Waals surface area contributed by atoms with Gasteiger partial charge in [0.1, 0.15) is 0 Å². The van der Waals surface area contributed by atoms with Gasteiger partial charge in [0.25, 0.3) is 0 Å². The third-order valence-corrected chi connectivity index (χ3v) is 3.86. The van der Waals surface area contributed by atoms with Crippen LogP contribution in [0.2, 0.25) is 0 Å². The number of carbonyl (C=O) groups is 1. The van der Waals surface area contributed by atoms with Gasteiger partial charge in [-0.25, -0.2) is 0 Å². The van der Waals surface area contributed by atoms with Gasteiger partial charge in [-0.15, -0.1) is 10.2 Å². The predicted octanol–water partition coefficient (Wildman–Crippen LogP) is 3.87. The van der Waals surface area contributed by atoms with Crippen molar-refractivity contribution in [1.29, 1.82) is 0 Å². The molecule has 2 aromatic rings. The van der Waals surface area contributed by atoms with Gasteiger partial charge in [-0.05, 0) is 42.0 Å². The molecule has 1 aromatic carbocycles. The smallest absolute Gasteiger partial charge is 0.228 e. The van der Waals surface area contributed by atoms with E-state index in [4.69, 9.17) is 0 Å². The Morgan fingerprint density at radius 1 is 1.04 bits per heavy atom. The lowest BCUT2D eigenvalue weighted by molar-refractivity contribution is -0.117. The Morgan fingerprint density at radius 3 is 2.30 bits per heavy atom. The van der Waals surface area contributed by atoms with Crippen LogP contribution in [0.25, 0.3) is 0 Å². The number of para-hydroxylation sites is 1. The second kappa shape index (κ2) is 5.99. The molecule has 1 saturated carbocycles. The second-order valence-corrected chi connectivity index (χ2v) is 6.99. The SMILES string of the molecule is CC(C)(C)c1ccccc1Nc1ccc(NC(=O)C2CC2)nn1. The molecular formula is C18H22N4O. The van der Waals surface area contributed by atoms with Crippen molar-refractivity contribution in [1.82, 2.24) is 10.2 Å². The number of benzene rings is 1. The molecule has 0 aliphatic heterocycles. The zero-order valence-electron chi connectivity index (χ0n) is 13.8. The number of nitrogens with zero attached hydrogens (tertiary/aromatic N) is 2. The molecule has 0 saturated heterocycles. The van der Waals surface area contributed by atoms with Gasteiger partial charge in [0.2, 0.25) is 5.91 Å². The third-order valence-electron chi connectivity index (χ3n) is 3.86. The van der Waals surface area contributed by atoms with Crippen molar-refractivity contribution in [2.24, 2.45) is 5.92 Å². The largest absolute Gasteiger partial charge is 0.338 e. The molecule has 1 aliphatic rings. The van der Waals surface area contributed by atoms with E-state index < -0.39 is 0 Å². The summed E-state index contributed by atoms with van der Waals surface area (Å²) < 4.78 is 0. The van der Waals surface area contributed by atoms with E-state index in [0.29, 0.717) is 11.6 Å². The highest BCUT2D eigenvalue weighted by Gasteiger charge is 2.29. The van der Waals surface area contributed by atoms with E-state index >= 15 is 0 Å². The molecule has 2 N–H and O–H groups in total. The van der Waals surface area contributed by atoms with Gasteiger partial charge in [0.05, 0.1) is 0 Å². The summed E-state index contributed by atoms with van der Waals surface area (Å²) in [5.41, 5.74) is 2.27. The molecule has 0 spiro atoms. The lowest BCUT2D eigenvalue weighted by atomic mass is 9.86. The summed E-state index contributed by atoms with van der Waals surface area (Å²) in [6.07, 6.45) is 1.95. The quantitative estimate of drug-likeness (QED) is 0.899. The van der Waals surface area contributed by atoms with Gasteiger partial charge in [-0.3, -0.25) is 4.79 Å². The van der Waals surface area contributed by atoms with Crippen LogP contribution in [-0.2, 0) is 10.2 Å². The zero-order valence-corrected chi connectivity index (χ0v) is 13.8. The number of carbonyl (C=O) groups excluding carboxylic acids is 1. The normalized spacial score (nSPS) is 14.4. The van der Waals surface area contributed by atoms with Crippen LogP contribution in [-0.4, -0.2) is 16.1 Å². The van der Waals surface area contributed by atoms with Crippen LogP contribution in [0.15, 0.2) is 36.4 Å². The van der Waals surface area contributed by atoms with E-state index in [-0.39, 0.29) is 17.2 Å². The van der Waals surface area contributed by atoms with Crippen molar-refractivity contribution in [2.75, 3.05) is 10.6 Å². The first-order chi connectivity index (χ1) is 10.9. The number of anilines is 3. The Labute approximate surface area is 136 Å². The molecule has 5 heteroatoms. The van der Waals surface area contributed by atoms with Gasteiger partial charge in [0, 0.05) is 11.6 Å². The van der Waals surface area contributed by atoms with Crippen LogP contribution in [0.1, 0.15) is 39.2 Å². The summed E-state index contributed by atoms with van der Waals surface area (Å²) >= 11 is 0. The molecule has 1 aliphatic carbocycles. The zero-order chi connectivity index (χ0) is 16.4. The Kier molecular flexibility index (Phi) is 4.03. The highest BCUT2D eigenvalue weighted by atomic mass is 16.2. The summed E-state index contributed by atoms with van der Waals surface area (Å²) in [6.45, 7) is 6.53. The van der Waals surface area contributed by atoms with Crippen molar-refractivity contribution in [3.8, 4) is 0 Å². The molecular weight excluding hydrogens is 288 g/mol. The van der Waals surface area contributed by atoms with Crippen LogP contribution in [0.3, 0.4) is 0 Å². The number of nitrogens with one attached hydrogen (secondary N) is 2. The molecule has 0 bridgehead atoms. The fourth-order valence-electron chi connectivity index (χ4n) is 2.42. The topological polar surface area (TPSA) is 66.9 Å². The van der Waals surface area contributed by atoms with Crippen molar-refractivity contribution in [2.45, 2.75) is 39.0 Å². The number of hydrogen-bond acceptors (Lipinski definition) is 4. The average molecular weight is 310 g/mol. The minimum absolute atomic E-state index is 0.0369. The molecule has 0 unspecified atom stereocenters. The standard InChI is InChI=1S/C18H22N4O/c1-18(2,3)13-6-4-5-7-14(13)19-15-10-11-16(22-21-15)20-17(23)12-8-9-12/h4-7,10-12H,8-9H2,1-3H3,(H,19,21)(H,20,22,23). The molecule has 3 rings (SSSR count). The fraction of sp³-hybridized carbons (Fsp3) is 0.389. The molecule has 0 atom stereocenters. The maximum absolute atomic E-state index is 11.7. The van der Waals surface area contributed by atoms with E-state index in [2.05, 4.69) is 47.7 Å². The van der Waals surface area contributed by atoms with E-state index in [0.717, 1.165) is 18.5 Å². The fourth-order valence-corrected chi connectivity index (χ4v) is 2.42. The van der Waals surface area contributed by atoms with E-state index in [1.807, 2.05) is 24.3 Å². The Hall–Kier alpha value is -2.43. The van der Waals surface area contributed by atoms with E-state index in [1.165, 1.54) is 5.56 Å². The molecule has 5 nitrogen and oxygen atoms in total. The van der Waals surface area contributed by atoms with Crippen LogP contribution < -0.4 is 10.6 Å².